The third-order valence-electron chi connectivity index (χ3n) is 3.42. The fourth-order valence-corrected chi connectivity index (χ4v) is 2.10. The number of hydrogen-bond acceptors (Lipinski definition) is 5. The number of methoxy groups -OCH3 is 1. The highest BCUT2D eigenvalue weighted by atomic mass is 16.6. The molecule has 0 saturated heterocycles. The molecule has 1 aromatic carbocycles. The Morgan fingerprint density at radius 2 is 2.25 bits per heavy atom. The lowest BCUT2D eigenvalue weighted by molar-refractivity contribution is -0.384. The van der Waals surface area contributed by atoms with Crippen LogP contribution in [-0.4, -0.2) is 24.5 Å². The third-order valence-corrected chi connectivity index (χ3v) is 3.42. The van der Waals surface area contributed by atoms with Gasteiger partial charge in [-0.25, -0.2) is 4.79 Å². The van der Waals surface area contributed by atoms with Gasteiger partial charge in [-0.05, 0) is 30.9 Å². The molecule has 1 N–H and O–H groups in total. The summed E-state index contributed by atoms with van der Waals surface area (Å²) in [5.41, 5.74) is 0.653. The Morgan fingerprint density at radius 3 is 2.85 bits per heavy atom. The number of esters is 1. The minimum absolute atomic E-state index is 0.0240. The van der Waals surface area contributed by atoms with Gasteiger partial charge in [0.15, 0.2) is 0 Å². The first-order chi connectivity index (χ1) is 9.61. The van der Waals surface area contributed by atoms with Crippen LogP contribution < -0.4 is 5.32 Å². The molecule has 1 aromatic rings. The van der Waals surface area contributed by atoms with Crippen LogP contribution >= 0.6 is 0 Å². The molecule has 0 bridgehead atoms. The summed E-state index contributed by atoms with van der Waals surface area (Å²) >= 11 is 0. The van der Waals surface area contributed by atoms with Gasteiger partial charge in [0.1, 0.15) is 5.69 Å². The van der Waals surface area contributed by atoms with E-state index in [0.717, 1.165) is 18.8 Å². The zero-order valence-electron chi connectivity index (χ0n) is 11.4. The zero-order chi connectivity index (χ0) is 14.5. The van der Waals surface area contributed by atoms with Crippen molar-refractivity contribution in [2.45, 2.75) is 25.7 Å². The largest absolute Gasteiger partial charge is 0.465 e. The van der Waals surface area contributed by atoms with Gasteiger partial charge < -0.3 is 10.1 Å². The molecule has 108 valence electrons. The number of hydrogen-bond donors (Lipinski definition) is 1. The Labute approximate surface area is 117 Å². The van der Waals surface area contributed by atoms with Gasteiger partial charge in [0, 0.05) is 12.6 Å². The molecule has 0 atom stereocenters. The van der Waals surface area contributed by atoms with E-state index in [1.807, 2.05) is 0 Å². The van der Waals surface area contributed by atoms with Crippen molar-refractivity contribution in [2.24, 2.45) is 5.92 Å². The average Bonchev–Trinajstić information content (AvgIpc) is 3.26. The van der Waals surface area contributed by atoms with Gasteiger partial charge in [0.2, 0.25) is 0 Å². The number of nitro benzene ring substituents is 1. The first-order valence-electron chi connectivity index (χ1n) is 6.72. The summed E-state index contributed by atoms with van der Waals surface area (Å²) < 4.78 is 4.62. The Balaban J connectivity index is 2.04. The molecule has 0 radical (unpaired) electrons. The number of nitrogens with zero attached hydrogens (tertiary/aromatic N) is 1. The van der Waals surface area contributed by atoms with Crippen molar-refractivity contribution >= 4 is 17.3 Å². The molecule has 0 unspecified atom stereocenters. The normalized spacial score (nSPS) is 13.8. The number of benzene rings is 1. The molecule has 1 fully saturated rings. The summed E-state index contributed by atoms with van der Waals surface area (Å²) in [6, 6.07) is 4.20. The lowest BCUT2D eigenvalue weighted by Crippen LogP contribution is -2.07. The van der Waals surface area contributed by atoms with Gasteiger partial charge in [-0.3, -0.25) is 10.1 Å². The molecule has 20 heavy (non-hydrogen) atoms. The molecule has 0 spiro atoms. The van der Waals surface area contributed by atoms with Gasteiger partial charge in [-0.1, -0.05) is 12.8 Å². The molecule has 0 heterocycles. The van der Waals surface area contributed by atoms with Gasteiger partial charge in [-0.2, -0.15) is 0 Å². The number of nitrogens with one attached hydrogen (secondary N) is 1. The second-order valence-electron chi connectivity index (χ2n) is 4.99. The molecule has 6 heteroatoms. The predicted molar refractivity (Wildman–Crippen MR) is 74.9 cm³/mol. The summed E-state index contributed by atoms with van der Waals surface area (Å²) in [4.78, 5) is 22.0. The molecule has 1 aliphatic carbocycles. The standard InChI is InChI=1S/C14H18N2O4/c1-20-14(17)11-6-7-13(16(18)19)12(9-11)15-8-2-3-10-4-5-10/h6-7,9-10,15H,2-5,8H2,1H3. The number of carbonyl (C=O) groups excluding carboxylic acids is 1. The van der Waals surface area contributed by atoms with Crippen molar-refractivity contribution in [3.05, 3.63) is 33.9 Å². The fourth-order valence-electron chi connectivity index (χ4n) is 2.10. The summed E-state index contributed by atoms with van der Waals surface area (Å²) in [5, 5.41) is 14.0. The second kappa shape index (κ2) is 6.36. The van der Waals surface area contributed by atoms with E-state index in [4.69, 9.17) is 0 Å². The van der Waals surface area contributed by atoms with E-state index >= 15 is 0 Å². The molecule has 2 rings (SSSR count). The van der Waals surface area contributed by atoms with E-state index in [1.165, 1.54) is 38.2 Å². The molecular weight excluding hydrogens is 260 g/mol. The summed E-state index contributed by atoms with van der Waals surface area (Å²) in [7, 11) is 1.28. The summed E-state index contributed by atoms with van der Waals surface area (Å²) in [6.45, 7) is 0.669. The zero-order valence-corrected chi connectivity index (χ0v) is 11.4. The van der Waals surface area contributed by atoms with E-state index in [2.05, 4.69) is 10.1 Å². The van der Waals surface area contributed by atoms with Gasteiger partial charge in [0.05, 0.1) is 17.6 Å². The Hall–Kier alpha value is -2.11. The van der Waals surface area contributed by atoms with Crippen LogP contribution in [0.3, 0.4) is 0 Å². The molecule has 0 amide bonds. The lowest BCUT2D eigenvalue weighted by atomic mass is 10.1. The monoisotopic (exact) mass is 278 g/mol. The quantitative estimate of drug-likeness (QED) is 0.359. The smallest absolute Gasteiger partial charge is 0.337 e. The SMILES string of the molecule is COC(=O)c1ccc([N+](=O)[O-])c(NCCCC2CC2)c1. The molecule has 1 aliphatic rings. The molecular formula is C14H18N2O4. The maximum absolute atomic E-state index is 11.5. The van der Waals surface area contributed by atoms with Crippen molar-refractivity contribution in [2.75, 3.05) is 19.0 Å². The number of nitro groups is 1. The van der Waals surface area contributed by atoms with Crippen LogP contribution in [0, 0.1) is 16.0 Å². The summed E-state index contributed by atoms with van der Waals surface area (Å²) in [6.07, 6.45) is 4.73. The van der Waals surface area contributed by atoms with Crippen LogP contribution in [0.4, 0.5) is 11.4 Å². The van der Waals surface area contributed by atoms with Gasteiger partial charge >= 0.3 is 5.97 Å². The Bertz CT molecular complexity index is 512. The number of ether oxygens (including phenoxy) is 1. The van der Waals surface area contributed by atoms with Crippen molar-refractivity contribution in [1.29, 1.82) is 0 Å². The van der Waals surface area contributed by atoms with Crippen molar-refractivity contribution in [3.63, 3.8) is 0 Å². The van der Waals surface area contributed by atoms with E-state index in [1.54, 1.807) is 0 Å². The van der Waals surface area contributed by atoms with E-state index < -0.39 is 10.9 Å². The number of carbonyl (C=O) groups is 1. The van der Waals surface area contributed by atoms with Crippen LogP contribution in [0.1, 0.15) is 36.0 Å². The maximum Gasteiger partial charge on any atom is 0.337 e. The average molecular weight is 278 g/mol. The minimum atomic E-state index is -0.499. The second-order valence-corrected chi connectivity index (χ2v) is 4.99. The van der Waals surface area contributed by atoms with Crippen LogP contribution in [-0.2, 0) is 4.74 Å². The predicted octanol–water partition coefficient (Wildman–Crippen LogP) is 2.98. The molecule has 0 aliphatic heterocycles. The van der Waals surface area contributed by atoms with Crippen LogP contribution in [0.2, 0.25) is 0 Å². The van der Waals surface area contributed by atoms with E-state index in [9.17, 15) is 14.9 Å². The first kappa shape index (κ1) is 14.3. The molecule has 0 aromatic heterocycles. The van der Waals surface area contributed by atoms with Crippen LogP contribution in [0.5, 0.6) is 0 Å². The highest BCUT2D eigenvalue weighted by molar-refractivity contribution is 5.91. The highest BCUT2D eigenvalue weighted by Crippen LogP contribution is 2.33. The highest BCUT2D eigenvalue weighted by Gasteiger charge is 2.21. The first-order valence-corrected chi connectivity index (χ1v) is 6.72. The lowest BCUT2D eigenvalue weighted by Gasteiger charge is -2.08. The van der Waals surface area contributed by atoms with Crippen LogP contribution in [0.15, 0.2) is 18.2 Å². The van der Waals surface area contributed by atoms with Gasteiger partial charge in [0.25, 0.3) is 5.69 Å². The number of rotatable bonds is 7. The summed E-state index contributed by atoms with van der Waals surface area (Å²) in [5.74, 6) is 0.342. The van der Waals surface area contributed by atoms with E-state index in [-0.39, 0.29) is 5.69 Å². The Morgan fingerprint density at radius 1 is 1.50 bits per heavy atom. The van der Waals surface area contributed by atoms with Crippen molar-refractivity contribution in [1.82, 2.24) is 0 Å². The van der Waals surface area contributed by atoms with Crippen molar-refractivity contribution < 1.29 is 14.5 Å². The van der Waals surface area contributed by atoms with Gasteiger partial charge in [-0.15, -0.1) is 0 Å². The molecule has 6 nitrogen and oxygen atoms in total. The topological polar surface area (TPSA) is 81.5 Å². The number of anilines is 1. The minimum Gasteiger partial charge on any atom is -0.465 e. The van der Waals surface area contributed by atoms with E-state index in [0.29, 0.717) is 17.8 Å². The maximum atomic E-state index is 11.5. The molecule has 1 saturated carbocycles. The van der Waals surface area contributed by atoms with Crippen LogP contribution in [0.25, 0.3) is 0 Å². The Kier molecular flexibility index (Phi) is 4.55. The fraction of sp³-hybridized carbons (Fsp3) is 0.500. The third kappa shape index (κ3) is 3.69. The van der Waals surface area contributed by atoms with Crippen molar-refractivity contribution in [3.8, 4) is 0 Å².